The first-order valence-electron chi connectivity index (χ1n) is 6.83. The highest BCUT2D eigenvalue weighted by Crippen LogP contribution is 2.13. The van der Waals surface area contributed by atoms with Crippen molar-refractivity contribution in [1.29, 1.82) is 0 Å². The summed E-state index contributed by atoms with van der Waals surface area (Å²) in [5, 5.41) is 7.10. The third-order valence-electron chi connectivity index (χ3n) is 3.13. The fraction of sp³-hybridized carbons (Fsp3) is 0.333. The Hall–Kier alpha value is -2.14. The molecule has 0 radical (unpaired) electrons. The van der Waals surface area contributed by atoms with Gasteiger partial charge >= 0.3 is 0 Å². The van der Waals surface area contributed by atoms with Crippen molar-refractivity contribution < 1.29 is 4.79 Å². The number of benzene rings is 1. The van der Waals surface area contributed by atoms with Crippen LogP contribution in [-0.2, 0) is 11.3 Å². The van der Waals surface area contributed by atoms with Gasteiger partial charge in [-0.15, -0.1) is 0 Å². The summed E-state index contributed by atoms with van der Waals surface area (Å²) in [6.07, 6.45) is 5.21. The molecule has 0 saturated heterocycles. The molecule has 0 spiro atoms. The quantitative estimate of drug-likeness (QED) is 0.839. The van der Waals surface area contributed by atoms with Gasteiger partial charge in [0.05, 0.1) is 11.7 Å². The smallest absolute Gasteiger partial charge is 0.237 e. The second-order valence-corrected chi connectivity index (χ2v) is 4.69. The van der Waals surface area contributed by atoms with E-state index in [-0.39, 0.29) is 5.91 Å². The summed E-state index contributed by atoms with van der Waals surface area (Å²) in [7, 11) is 0. The average Bonchev–Trinajstić information content (AvgIpc) is 2.99. The van der Waals surface area contributed by atoms with Crippen LogP contribution in [0.2, 0.25) is 0 Å². The summed E-state index contributed by atoms with van der Waals surface area (Å²) in [6.45, 7) is 2.46. The molecule has 106 valence electrons. The lowest BCUT2D eigenvalue weighted by atomic mass is 10.1. The summed E-state index contributed by atoms with van der Waals surface area (Å²) in [4.78, 5) is 11.8. The van der Waals surface area contributed by atoms with E-state index < -0.39 is 6.04 Å². The molecule has 0 unspecified atom stereocenters. The van der Waals surface area contributed by atoms with E-state index in [2.05, 4.69) is 10.4 Å². The van der Waals surface area contributed by atoms with E-state index in [1.807, 2.05) is 43.5 Å². The van der Waals surface area contributed by atoms with Crippen LogP contribution in [0.15, 0.2) is 42.7 Å². The lowest BCUT2D eigenvalue weighted by Crippen LogP contribution is -2.40. The first-order valence-corrected chi connectivity index (χ1v) is 6.83. The lowest BCUT2D eigenvalue weighted by molar-refractivity contribution is -0.122. The van der Waals surface area contributed by atoms with Gasteiger partial charge in [-0.2, -0.15) is 5.10 Å². The van der Waals surface area contributed by atoms with Crippen molar-refractivity contribution in [3.05, 3.63) is 48.3 Å². The molecule has 20 heavy (non-hydrogen) atoms. The highest BCUT2D eigenvalue weighted by atomic mass is 16.2. The van der Waals surface area contributed by atoms with Crippen molar-refractivity contribution in [2.75, 3.05) is 0 Å². The van der Waals surface area contributed by atoms with Crippen LogP contribution in [0, 0.1) is 0 Å². The van der Waals surface area contributed by atoms with Crippen LogP contribution in [0.1, 0.15) is 25.3 Å². The molecular weight excluding hydrogens is 252 g/mol. The number of carbonyl (C=O) groups excluding carboxylic acids is 1. The molecule has 1 amide bonds. The maximum absolute atomic E-state index is 11.8. The maximum atomic E-state index is 11.8. The first-order chi connectivity index (χ1) is 9.72. The van der Waals surface area contributed by atoms with Gasteiger partial charge < -0.3 is 11.1 Å². The van der Waals surface area contributed by atoms with Crippen molar-refractivity contribution in [1.82, 2.24) is 15.1 Å². The molecule has 0 fully saturated rings. The van der Waals surface area contributed by atoms with Gasteiger partial charge in [0.25, 0.3) is 0 Å². The molecule has 5 heteroatoms. The number of nitrogens with zero attached hydrogens (tertiary/aromatic N) is 2. The van der Waals surface area contributed by atoms with E-state index in [0.717, 1.165) is 17.7 Å². The summed E-state index contributed by atoms with van der Waals surface area (Å²) >= 11 is 0. The van der Waals surface area contributed by atoms with Gasteiger partial charge in [-0.25, -0.2) is 4.68 Å². The van der Waals surface area contributed by atoms with Crippen LogP contribution in [0.3, 0.4) is 0 Å². The van der Waals surface area contributed by atoms with Gasteiger partial charge in [0, 0.05) is 18.9 Å². The highest BCUT2D eigenvalue weighted by molar-refractivity contribution is 5.81. The van der Waals surface area contributed by atoms with E-state index in [0.29, 0.717) is 13.0 Å². The second kappa shape index (κ2) is 6.86. The molecule has 0 aliphatic heterocycles. The zero-order valence-electron chi connectivity index (χ0n) is 11.6. The van der Waals surface area contributed by atoms with Gasteiger partial charge in [0.2, 0.25) is 5.91 Å². The zero-order valence-corrected chi connectivity index (χ0v) is 11.6. The number of rotatable bonds is 6. The Morgan fingerprint density at radius 2 is 2.20 bits per heavy atom. The number of carbonyl (C=O) groups is 1. The van der Waals surface area contributed by atoms with Crippen LogP contribution >= 0.6 is 0 Å². The first kappa shape index (κ1) is 14.3. The highest BCUT2D eigenvalue weighted by Gasteiger charge is 2.12. The summed E-state index contributed by atoms with van der Waals surface area (Å²) in [6, 6.07) is 9.28. The maximum Gasteiger partial charge on any atom is 0.237 e. The molecule has 1 aromatic carbocycles. The lowest BCUT2D eigenvalue weighted by Gasteiger charge is -2.13. The van der Waals surface area contributed by atoms with E-state index in [9.17, 15) is 4.79 Å². The summed E-state index contributed by atoms with van der Waals surface area (Å²) < 4.78 is 1.79. The molecule has 0 aliphatic rings. The van der Waals surface area contributed by atoms with Gasteiger partial charge in [-0.1, -0.05) is 31.5 Å². The topological polar surface area (TPSA) is 72.9 Å². The molecule has 2 rings (SSSR count). The number of nitrogens with one attached hydrogen (secondary N) is 1. The third kappa shape index (κ3) is 3.45. The number of amides is 1. The van der Waals surface area contributed by atoms with E-state index >= 15 is 0 Å². The molecule has 0 saturated carbocycles. The predicted molar refractivity (Wildman–Crippen MR) is 78.3 cm³/mol. The molecule has 3 N–H and O–H groups in total. The fourth-order valence-corrected chi connectivity index (χ4v) is 2.05. The Bertz CT molecular complexity index is 551. The van der Waals surface area contributed by atoms with Crippen LogP contribution in [0.4, 0.5) is 0 Å². The van der Waals surface area contributed by atoms with Crippen LogP contribution in [0.25, 0.3) is 5.69 Å². The summed E-state index contributed by atoms with van der Waals surface area (Å²) in [5.41, 5.74) is 7.76. The van der Waals surface area contributed by atoms with Crippen molar-refractivity contribution >= 4 is 5.91 Å². The average molecular weight is 272 g/mol. The van der Waals surface area contributed by atoms with Crippen LogP contribution in [-0.4, -0.2) is 21.7 Å². The monoisotopic (exact) mass is 272 g/mol. The van der Waals surface area contributed by atoms with Crippen molar-refractivity contribution in [3.8, 4) is 5.69 Å². The minimum atomic E-state index is -0.433. The molecule has 0 aliphatic carbocycles. The Morgan fingerprint density at radius 1 is 1.40 bits per heavy atom. The van der Waals surface area contributed by atoms with E-state index in [1.54, 1.807) is 10.9 Å². The van der Waals surface area contributed by atoms with E-state index in [4.69, 9.17) is 5.73 Å². The number of aromatic nitrogens is 2. The van der Waals surface area contributed by atoms with Gasteiger partial charge in [0.15, 0.2) is 0 Å². The minimum absolute atomic E-state index is 0.109. The second-order valence-electron chi connectivity index (χ2n) is 4.69. The number of hydrogen-bond acceptors (Lipinski definition) is 3. The molecule has 2 aromatic rings. The van der Waals surface area contributed by atoms with Crippen LogP contribution < -0.4 is 11.1 Å². The normalized spacial score (nSPS) is 12.1. The van der Waals surface area contributed by atoms with Crippen molar-refractivity contribution in [2.45, 2.75) is 32.4 Å². The Morgan fingerprint density at radius 3 is 2.90 bits per heavy atom. The summed E-state index contributed by atoms with van der Waals surface area (Å²) in [5.74, 6) is -0.109. The van der Waals surface area contributed by atoms with Gasteiger partial charge in [-0.05, 0) is 24.1 Å². The number of nitrogens with two attached hydrogens (primary N) is 1. The number of para-hydroxylation sites is 1. The minimum Gasteiger partial charge on any atom is -0.351 e. The largest absolute Gasteiger partial charge is 0.351 e. The van der Waals surface area contributed by atoms with Gasteiger partial charge in [-0.3, -0.25) is 4.79 Å². The van der Waals surface area contributed by atoms with E-state index in [1.165, 1.54) is 0 Å². The molecule has 1 atom stereocenters. The fourth-order valence-electron chi connectivity index (χ4n) is 2.05. The molecule has 0 bridgehead atoms. The zero-order chi connectivity index (χ0) is 14.4. The SMILES string of the molecule is CCC[C@H](N)C(=O)NCc1ccccc1-n1cccn1. The molecule has 1 aromatic heterocycles. The Labute approximate surface area is 118 Å². The van der Waals surface area contributed by atoms with Crippen molar-refractivity contribution in [3.63, 3.8) is 0 Å². The van der Waals surface area contributed by atoms with Gasteiger partial charge in [0.1, 0.15) is 0 Å². The standard InChI is InChI=1S/C15H20N4O/c1-2-6-13(16)15(20)17-11-12-7-3-4-8-14(12)19-10-5-9-18-19/h3-5,7-10,13H,2,6,11,16H2,1H3,(H,17,20)/t13-/m0/s1. The predicted octanol–water partition coefficient (Wildman–Crippen LogP) is 1.62. The molecular formula is C15H20N4O. The van der Waals surface area contributed by atoms with Crippen LogP contribution in [0.5, 0.6) is 0 Å². The van der Waals surface area contributed by atoms with Crippen molar-refractivity contribution in [2.24, 2.45) is 5.73 Å². The molecule has 5 nitrogen and oxygen atoms in total. The number of hydrogen-bond donors (Lipinski definition) is 2. The Balaban J connectivity index is 2.05. The molecule has 1 heterocycles. The third-order valence-corrected chi connectivity index (χ3v) is 3.13. The Kier molecular flexibility index (Phi) is 4.90.